The summed E-state index contributed by atoms with van der Waals surface area (Å²) >= 11 is 0. The summed E-state index contributed by atoms with van der Waals surface area (Å²) in [6.45, 7) is 8.22. The average Bonchev–Trinajstić information content (AvgIpc) is 2.88. The van der Waals surface area contributed by atoms with Crippen LogP contribution in [0.3, 0.4) is 0 Å². The third-order valence-electron chi connectivity index (χ3n) is 6.54. The predicted molar refractivity (Wildman–Crippen MR) is 96.2 cm³/mol. The van der Waals surface area contributed by atoms with E-state index in [1.54, 1.807) is 4.90 Å². The summed E-state index contributed by atoms with van der Waals surface area (Å²) in [5, 5.41) is 9.43. The summed E-state index contributed by atoms with van der Waals surface area (Å²) in [5.74, 6) is 0.285. The standard InChI is InChI=1S/C19H27N3O2/c1-5-16-19(2,3)22-14-9-10-21(18(23)24)11-13(14)12-7-6-8-15(17(12)22)20(16)4/h6-8,13-14,16H,5,9-11H2,1-4H3,(H,23,24). The van der Waals surface area contributed by atoms with E-state index < -0.39 is 6.09 Å². The lowest BCUT2D eigenvalue weighted by atomic mass is 9.84. The van der Waals surface area contributed by atoms with Crippen molar-refractivity contribution in [2.24, 2.45) is 0 Å². The van der Waals surface area contributed by atoms with Gasteiger partial charge in [-0.15, -0.1) is 0 Å². The van der Waals surface area contributed by atoms with Crippen LogP contribution in [0, 0.1) is 0 Å². The maximum atomic E-state index is 11.5. The zero-order valence-corrected chi connectivity index (χ0v) is 15.0. The van der Waals surface area contributed by atoms with Crippen LogP contribution in [0.15, 0.2) is 18.2 Å². The Morgan fingerprint density at radius 1 is 1.38 bits per heavy atom. The number of piperidine rings is 1. The van der Waals surface area contributed by atoms with E-state index in [-0.39, 0.29) is 11.5 Å². The number of hydrogen-bond acceptors (Lipinski definition) is 3. The first-order valence-corrected chi connectivity index (χ1v) is 9.00. The first-order valence-electron chi connectivity index (χ1n) is 9.00. The SMILES string of the molecule is CCC1N(C)c2cccc3c2N(C2CCN(C(=O)O)CC32)C1(C)C. The third-order valence-corrected chi connectivity index (χ3v) is 6.54. The van der Waals surface area contributed by atoms with Crippen LogP contribution in [-0.2, 0) is 0 Å². The van der Waals surface area contributed by atoms with Crippen molar-refractivity contribution in [3.8, 4) is 0 Å². The molecule has 3 aliphatic rings. The highest BCUT2D eigenvalue weighted by Gasteiger charge is 2.54. The maximum Gasteiger partial charge on any atom is 0.407 e. The molecule has 1 aromatic rings. The molecule has 3 atom stereocenters. The van der Waals surface area contributed by atoms with Crippen LogP contribution in [0.25, 0.3) is 0 Å². The number of rotatable bonds is 1. The van der Waals surface area contributed by atoms with Gasteiger partial charge in [0.05, 0.1) is 23.0 Å². The molecule has 3 unspecified atom stereocenters. The normalized spacial score (nSPS) is 30.2. The van der Waals surface area contributed by atoms with Crippen LogP contribution in [-0.4, -0.2) is 53.9 Å². The highest BCUT2D eigenvalue weighted by atomic mass is 16.4. The fourth-order valence-electron chi connectivity index (χ4n) is 5.58. The Hall–Kier alpha value is -1.91. The smallest absolute Gasteiger partial charge is 0.407 e. The van der Waals surface area contributed by atoms with Crippen molar-refractivity contribution in [1.29, 1.82) is 0 Å². The molecule has 0 aromatic heterocycles. The summed E-state index contributed by atoms with van der Waals surface area (Å²) in [6, 6.07) is 7.43. The Kier molecular flexibility index (Phi) is 3.28. The van der Waals surface area contributed by atoms with Gasteiger partial charge in [-0.3, -0.25) is 0 Å². The molecule has 130 valence electrons. The monoisotopic (exact) mass is 329 g/mol. The largest absolute Gasteiger partial charge is 0.465 e. The number of nitrogens with zero attached hydrogens (tertiary/aromatic N) is 3. The van der Waals surface area contributed by atoms with E-state index in [1.807, 2.05) is 0 Å². The Bertz CT molecular complexity index is 687. The van der Waals surface area contributed by atoms with Gasteiger partial charge in [-0.05, 0) is 38.3 Å². The van der Waals surface area contributed by atoms with Crippen molar-refractivity contribution in [3.05, 3.63) is 23.8 Å². The molecular formula is C19H27N3O2. The zero-order valence-electron chi connectivity index (χ0n) is 15.0. The molecule has 3 heterocycles. The van der Waals surface area contributed by atoms with Gasteiger partial charge < -0.3 is 19.8 Å². The second kappa shape index (κ2) is 5.04. The van der Waals surface area contributed by atoms with Gasteiger partial charge in [0.2, 0.25) is 0 Å². The van der Waals surface area contributed by atoms with Gasteiger partial charge in [0.1, 0.15) is 0 Å². The van der Waals surface area contributed by atoms with E-state index >= 15 is 0 Å². The Morgan fingerprint density at radius 3 is 2.79 bits per heavy atom. The number of fused-ring (bicyclic) bond motifs is 3. The number of amides is 1. The Labute approximate surface area is 143 Å². The van der Waals surface area contributed by atoms with Gasteiger partial charge in [-0.2, -0.15) is 0 Å². The van der Waals surface area contributed by atoms with Crippen LogP contribution in [0.2, 0.25) is 0 Å². The fraction of sp³-hybridized carbons (Fsp3) is 0.632. The first-order chi connectivity index (χ1) is 11.4. The van der Waals surface area contributed by atoms with E-state index in [0.29, 0.717) is 25.2 Å². The van der Waals surface area contributed by atoms with Gasteiger partial charge in [-0.25, -0.2) is 4.79 Å². The fourth-order valence-corrected chi connectivity index (χ4v) is 5.58. The summed E-state index contributed by atoms with van der Waals surface area (Å²) in [4.78, 5) is 18.1. The number of para-hydroxylation sites is 1. The molecular weight excluding hydrogens is 302 g/mol. The Balaban J connectivity index is 1.85. The molecule has 1 amide bonds. The van der Waals surface area contributed by atoms with Crippen LogP contribution >= 0.6 is 0 Å². The average molecular weight is 329 g/mol. The van der Waals surface area contributed by atoms with Crippen LogP contribution in [0.4, 0.5) is 16.2 Å². The van der Waals surface area contributed by atoms with E-state index in [2.05, 4.69) is 55.8 Å². The minimum atomic E-state index is -0.790. The molecule has 0 saturated carbocycles. The maximum absolute atomic E-state index is 11.5. The molecule has 4 rings (SSSR count). The van der Waals surface area contributed by atoms with E-state index in [1.165, 1.54) is 16.9 Å². The summed E-state index contributed by atoms with van der Waals surface area (Å²) in [6.07, 6.45) is 1.22. The van der Waals surface area contributed by atoms with Gasteiger partial charge in [-0.1, -0.05) is 19.1 Å². The van der Waals surface area contributed by atoms with E-state index in [0.717, 1.165) is 12.8 Å². The second-order valence-corrected chi connectivity index (χ2v) is 7.96. The molecule has 1 N–H and O–H groups in total. The summed E-state index contributed by atoms with van der Waals surface area (Å²) in [5.41, 5.74) is 4.02. The van der Waals surface area contributed by atoms with Crippen molar-refractivity contribution in [3.63, 3.8) is 0 Å². The van der Waals surface area contributed by atoms with Crippen molar-refractivity contribution in [1.82, 2.24) is 4.90 Å². The highest BCUT2D eigenvalue weighted by Crippen LogP contribution is 2.55. The van der Waals surface area contributed by atoms with E-state index in [9.17, 15) is 9.90 Å². The topological polar surface area (TPSA) is 47.0 Å². The summed E-state index contributed by atoms with van der Waals surface area (Å²) < 4.78 is 0. The molecule has 1 fully saturated rings. The molecule has 3 aliphatic heterocycles. The molecule has 5 nitrogen and oxygen atoms in total. The molecule has 0 radical (unpaired) electrons. The number of hydrogen-bond donors (Lipinski definition) is 1. The minimum absolute atomic E-state index is 0.0391. The zero-order chi connectivity index (χ0) is 17.2. The van der Waals surface area contributed by atoms with E-state index in [4.69, 9.17) is 0 Å². The first kappa shape index (κ1) is 15.6. The quantitative estimate of drug-likeness (QED) is 0.858. The third kappa shape index (κ3) is 1.84. The molecule has 1 saturated heterocycles. The number of likely N-dealkylation sites (N-methyl/N-ethyl adjacent to an activating group) is 1. The molecule has 0 spiro atoms. The summed E-state index contributed by atoms with van der Waals surface area (Å²) in [7, 11) is 2.20. The Morgan fingerprint density at radius 2 is 2.12 bits per heavy atom. The number of carbonyl (C=O) groups is 1. The number of benzene rings is 1. The van der Waals surface area contributed by atoms with Gasteiger partial charge in [0.15, 0.2) is 0 Å². The second-order valence-electron chi connectivity index (χ2n) is 7.96. The highest BCUT2D eigenvalue weighted by molar-refractivity contribution is 5.83. The lowest BCUT2D eigenvalue weighted by Gasteiger charge is -2.55. The molecule has 0 bridgehead atoms. The van der Waals surface area contributed by atoms with Crippen LogP contribution < -0.4 is 9.80 Å². The van der Waals surface area contributed by atoms with Gasteiger partial charge in [0.25, 0.3) is 0 Å². The minimum Gasteiger partial charge on any atom is -0.465 e. The van der Waals surface area contributed by atoms with Crippen molar-refractivity contribution >= 4 is 17.5 Å². The van der Waals surface area contributed by atoms with Gasteiger partial charge in [0, 0.05) is 32.1 Å². The predicted octanol–water partition coefficient (Wildman–Crippen LogP) is 3.35. The number of anilines is 2. The molecule has 5 heteroatoms. The van der Waals surface area contributed by atoms with Gasteiger partial charge >= 0.3 is 6.09 Å². The molecule has 1 aromatic carbocycles. The lowest BCUT2D eigenvalue weighted by Crippen LogP contribution is -2.64. The van der Waals surface area contributed by atoms with Crippen molar-refractivity contribution in [2.75, 3.05) is 29.9 Å². The number of carboxylic acid groups (broad SMARTS) is 1. The molecule has 0 aliphatic carbocycles. The number of likely N-dealkylation sites (tertiary alicyclic amines) is 1. The molecule has 24 heavy (non-hydrogen) atoms. The lowest BCUT2D eigenvalue weighted by molar-refractivity contribution is 0.124. The van der Waals surface area contributed by atoms with Crippen molar-refractivity contribution in [2.45, 2.75) is 57.2 Å². The van der Waals surface area contributed by atoms with Crippen LogP contribution in [0.1, 0.15) is 45.1 Å². The van der Waals surface area contributed by atoms with Crippen LogP contribution in [0.5, 0.6) is 0 Å². The van der Waals surface area contributed by atoms with Crippen molar-refractivity contribution < 1.29 is 9.90 Å².